The molecular weight excluding hydrogens is 356 g/mol. The predicted molar refractivity (Wildman–Crippen MR) is 104 cm³/mol. The molecule has 2 amide bonds. The lowest BCUT2D eigenvalue weighted by molar-refractivity contribution is -0.875. The van der Waals surface area contributed by atoms with Crippen molar-refractivity contribution >= 4 is 17.6 Å². The molecule has 0 saturated carbocycles. The summed E-state index contributed by atoms with van der Waals surface area (Å²) in [5.74, 6) is -1.45. The fourth-order valence-electron chi connectivity index (χ4n) is 4.00. The molecule has 1 heterocycles. The molecule has 2 aromatic carbocycles. The minimum Gasteiger partial charge on any atom is -0.282 e. The van der Waals surface area contributed by atoms with Crippen LogP contribution in [-0.2, 0) is 32.2 Å². The van der Waals surface area contributed by atoms with E-state index in [0.717, 1.165) is 11.1 Å². The van der Waals surface area contributed by atoms with Crippen LogP contribution in [0.5, 0.6) is 0 Å². The molecule has 0 aliphatic carbocycles. The van der Waals surface area contributed by atoms with Gasteiger partial charge in [-0.05, 0) is 5.56 Å². The smallest absolute Gasteiger partial charge is 0.282 e. The van der Waals surface area contributed by atoms with Crippen LogP contribution in [0.1, 0.15) is 24.0 Å². The molecule has 1 aliphatic heterocycles. The Kier molecular flexibility index (Phi) is 6.34. The molecule has 0 radical (unpaired) electrons. The summed E-state index contributed by atoms with van der Waals surface area (Å²) in [7, 11) is 1.28. The van der Waals surface area contributed by atoms with Gasteiger partial charge in [0.05, 0.1) is 20.1 Å². The first-order valence-corrected chi connectivity index (χ1v) is 9.42. The van der Waals surface area contributed by atoms with Gasteiger partial charge in [-0.15, -0.1) is 0 Å². The van der Waals surface area contributed by atoms with Gasteiger partial charge in [-0.2, -0.15) is 0 Å². The number of Topliss-reactive ketones (excluding diaryl/α,β-unsaturated/α-hetero) is 1. The molecular formula is C22H25N2O4+. The van der Waals surface area contributed by atoms with Crippen LogP contribution < -0.4 is 5.48 Å². The minimum absolute atomic E-state index is 0.00310. The quantitative estimate of drug-likeness (QED) is 0.432. The summed E-state index contributed by atoms with van der Waals surface area (Å²) in [5.41, 5.74) is 4.00. The van der Waals surface area contributed by atoms with Crippen LogP contribution in [0.3, 0.4) is 0 Å². The Hall–Kier alpha value is -2.83. The maximum absolute atomic E-state index is 13.1. The van der Waals surface area contributed by atoms with Crippen molar-refractivity contribution in [2.24, 2.45) is 0 Å². The average Bonchev–Trinajstić information content (AvgIpc) is 3.08. The molecule has 6 nitrogen and oxygen atoms in total. The van der Waals surface area contributed by atoms with Crippen molar-refractivity contribution in [3.05, 3.63) is 71.8 Å². The largest absolute Gasteiger partial charge is 0.317 e. The van der Waals surface area contributed by atoms with Crippen molar-refractivity contribution in [2.45, 2.75) is 31.8 Å². The zero-order valence-corrected chi connectivity index (χ0v) is 16.0. The second-order valence-electron chi connectivity index (χ2n) is 7.10. The van der Waals surface area contributed by atoms with Crippen LogP contribution in [0.25, 0.3) is 0 Å². The molecule has 1 unspecified atom stereocenters. The van der Waals surface area contributed by atoms with Gasteiger partial charge >= 0.3 is 11.8 Å². The predicted octanol–water partition coefficient (Wildman–Crippen LogP) is 2.18. The molecule has 2 atom stereocenters. The first-order chi connectivity index (χ1) is 13.6. The number of likely N-dealkylation sites (tertiary alicyclic amines) is 1. The number of amides is 2. The zero-order chi connectivity index (χ0) is 20.0. The molecule has 1 fully saturated rings. The lowest BCUT2D eigenvalue weighted by atomic mass is 9.97. The highest BCUT2D eigenvalue weighted by Crippen LogP contribution is 2.31. The number of nitrogens with one attached hydrogen (secondary N) is 1. The molecule has 2 aromatic rings. The third-order valence-electron chi connectivity index (χ3n) is 5.34. The number of hydrogen-bond acceptors (Lipinski definition) is 4. The van der Waals surface area contributed by atoms with Crippen LogP contribution in [0.15, 0.2) is 60.7 Å². The maximum atomic E-state index is 13.1. The van der Waals surface area contributed by atoms with Crippen molar-refractivity contribution in [2.75, 3.05) is 13.7 Å². The van der Waals surface area contributed by atoms with Crippen LogP contribution in [0, 0.1) is 0 Å². The van der Waals surface area contributed by atoms with E-state index in [0.29, 0.717) is 32.4 Å². The van der Waals surface area contributed by atoms with E-state index in [-0.39, 0.29) is 10.4 Å². The number of carbonyl (C=O) groups is 3. The molecule has 0 spiro atoms. The van der Waals surface area contributed by atoms with E-state index < -0.39 is 17.7 Å². The number of ketones is 1. The summed E-state index contributed by atoms with van der Waals surface area (Å²) < 4.78 is -0.0329. The van der Waals surface area contributed by atoms with Gasteiger partial charge in [-0.25, -0.2) is 14.8 Å². The second kappa shape index (κ2) is 8.91. The van der Waals surface area contributed by atoms with Crippen molar-refractivity contribution in [1.29, 1.82) is 0 Å². The third kappa shape index (κ3) is 4.18. The molecule has 6 heteroatoms. The summed E-state index contributed by atoms with van der Waals surface area (Å²) in [6.45, 7) is 0.931. The lowest BCUT2D eigenvalue weighted by Gasteiger charge is -2.38. The molecule has 1 aliphatic rings. The zero-order valence-electron chi connectivity index (χ0n) is 16.0. The van der Waals surface area contributed by atoms with E-state index in [9.17, 15) is 14.4 Å². The third-order valence-corrected chi connectivity index (χ3v) is 5.34. The van der Waals surface area contributed by atoms with Gasteiger partial charge in [0.25, 0.3) is 5.78 Å². The van der Waals surface area contributed by atoms with Gasteiger partial charge in [0.1, 0.15) is 6.54 Å². The topological polar surface area (TPSA) is 72.5 Å². The van der Waals surface area contributed by atoms with Crippen molar-refractivity contribution < 1.29 is 23.7 Å². The molecule has 1 saturated heterocycles. The lowest BCUT2D eigenvalue weighted by Crippen LogP contribution is -2.62. The first-order valence-electron chi connectivity index (χ1n) is 9.42. The number of benzene rings is 2. The number of nitrogens with zero attached hydrogens (tertiary/aromatic N) is 1. The Labute approximate surface area is 164 Å². The molecule has 146 valence electrons. The van der Waals surface area contributed by atoms with E-state index in [1.54, 1.807) is 0 Å². The highest BCUT2D eigenvalue weighted by atomic mass is 16.6. The van der Waals surface area contributed by atoms with Gasteiger partial charge in [-0.1, -0.05) is 60.7 Å². The highest BCUT2D eigenvalue weighted by Gasteiger charge is 2.52. The normalized spacial score (nSPS) is 20.0. The van der Waals surface area contributed by atoms with Crippen LogP contribution in [0.2, 0.25) is 0 Å². The molecule has 0 aromatic heterocycles. The average molecular weight is 381 g/mol. The van der Waals surface area contributed by atoms with Gasteiger partial charge < -0.3 is 0 Å². The number of hydroxylamine groups is 1. The Morgan fingerprint density at radius 3 is 2.18 bits per heavy atom. The maximum Gasteiger partial charge on any atom is 0.317 e. The van der Waals surface area contributed by atoms with E-state index in [1.807, 2.05) is 60.7 Å². The Balaban J connectivity index is 2.01. The summed E-state index contributed by atoms with van der Waals surface area (Å²) in [6.07, 6.45) is 1.43. The minimum atomic E-state index is -0.825. The Morgan fingerprint density at radius 2 is 1.64 bits per heavy atom. The number of hydrogen-bond donors (Lipinski definition) is 1. The Morgan fingerprint density at radius 1 is 1.04 bits per heavy atom. The summed E-state index contributed by atoms with van der Waals surface area (Å²) in [5, 5.41) is 0. The number of carbonyl (C=O) groups excluding carboxylic acids is 3. The van der Waals surface area contributed by atoms with Crippen molar-refractivity contribution in [3.8, 4) is 0 Å². The van der Waals surface area contributed by atoms with E-state index >= 15 is 0 Å². The highest BCUT2D eigenvalue weighted by molar-refractivity contribution is 6.37. The Bertz CT molecular complexity index is 838. The second-order valence-corrected chi connectivity index (χ2v) is 7.10. The number of rotatable bonds is 8. The van der Waals surface area contributed by atoms with Gasteiger partial charge in [0, 0.05) is 18.4 Å². The summed E-state index contributed by atoms with van der Waals surface area (Å²) in [6, 6.07) is 18.3. The van der Waals surface area contributed by atoms with Gasteiger partial charge in [-0.3, -0.25) is 14.4 Å². The van der Waals surface area contributed by atoms with Crippen LogP contribution in [0.4, 0.5) is 0 Å². The fraction of sp³-hybridized carbons (Fsp3) is 0.318. The van der Waals surface area contributed by atoms with E-state index in [1.165, 1.54) is 7.11 Å². The van der Waals surface area contributed by atoms with Gasteiger partial charge in [0.2, 0.25) is 0 Å². The van der Waals surface area contributed by atoms with E-state index in [4.69, 9.17) is 0 Å². The standard InChI is InChI=1S/C22H24N2O4/c1-28-23-22(27)21(26)19(15-17-9-4-2-5-10-17)24(14-8-13-20(24)25)16-18-11-6-3-7-12-18/h2-7,9-12,19H,8,13-16H2,1H3/p+1/t19-,24?/m1/s1. The number of quaternary nitrogens is 1. The van der Waals surface area contributed by atoms with Crippen molar-refractivity contribution in [1.82, 2.24) is 5.48 Å². The molecule has 1 N–H and O–H groups in total. The summed E-state index contributed by atoms with van der Waals surface area (Å²) >= 11 is 0. The van der Waals surface area contributed by atoms with E-state index in [2.05, 4.69) is 10.3 Å². The van der Waals surface area contributed by atoms with Gasteiger partial charge in [0.15, 0.2) is 6.04 Å². The molecule has 0 bridgehead atoms. The first kappa shape index (κ1) is 19.9. The van der Waals surface area contributed by atoms with Crippen LogP contribution in [-0.4, -0.2) is 41.8 Å². The SMILES string of the molecule is CONC(=O)C(=O)[C@@H](Cc1ccccc1)[N+]1(Cc2ccccc2)CCCC1=O. The monoisotopic (exact) mass is 381 g/mol. The summed E-state index contributed by atoms with van der Waals surface area (Å²) in [4.78, 5) is 43.2. The molecule has 28 heavy (non-hydrogen) atoms. The van der Waals surface area contributed by atoms with Crippen LogP contribution >= 0.6 is 0 Å². The molecule has 3 rings (SSSR count). The van der Waals surface area contributed by atoms with Crippen molar-refractivity contribution in [3.63, 3.8) is 0 Å². The fourth-order valence-corrected chi connectivity index (χ4v) is 4.00.